The van der Waals surface area contributed by atoms with Crippen molar-refractivity contribution in [3.63, 3.8) is 0 Å². The maximum atomic E-state index is 12.3. The molecule has 1 aromatic rings. The molecule has 2 rings (SSSR count). The lowest BCUT2D eigenvalue weighted by Gasteiger charge is -2.27. The molecule has 0 aromatic heterocycles. The van der Waals surface area contributed by atoms with Gasteiger partial charge in [0.25, 0.3) is 0 Å². The van der Waals surface area contributed by atoms with Crippen LogP contribution in [0.25, 0.3) is 0 Å². The minimum atomic E-state index is -0.484. The van der Waals surface area contributed by atoms with Crippen LogP contribution in [-0.4, -0.2) is 18.6 Å². The molecule has 0 saturated heterocycles. The van der Waals surface area contributed by atoms with Crippen molar-refractivity contribution >= 4 is 29.2 Å². The highest BCUT2D eigenvalue weighted by molar-refractivity contribution is 6.42. The Kier molecular flexibility index (Phi) is 6.34. The molecule has 1 aliphatic carbocycles. The monoisotopic (exact) mass is 329 g/mol. The highest BCUT2D eigenvalue weighted by atomic mass is 35.5. The van der Waals surface area contributed by atoms with Crippen LogP contribution in [0, 0.1) is 0 Å². The smallest absolute Gasteiger partial charge is 0.327 e. The molecule has 0 spiro atoms. The van der Waals surface area contributed by atoms with E-state index in [1.165, 1.54) is 19.3 Å². The molecule has 1 aliphatic rings. The number of benzene rings is 1. The van der Waals surface area contributed by atoms with Gasteiger partial charge in [0, 0.05) is 6.04 Å². The van der Waals surface area contributed by atoms with Crippen LogP contribution in [0.5, 0.6) is 0 Å². The first-order valence-corrected chi connectivity index (χ1v) is 8.25. The number of nitrogens with one attached hydrogen (secondary N) is 1. The summed E-state index contributed by atoms with van der Waals surface area (Å²) >= 11 is 12.0. The summed E-state index contributed by atoms with van der Waals surface area (Å²) in [5.41, 5.74) is 0.799. The van der Waals surface area contributed by atoms with Crippen LogP contribution in [0.15, 0.2) is 18.2 Å². The second kappa shape index (κ2) is 8.02. The first-order valence-electron chi connectivity index (χ1n) is 7.49. The Morgan fingerprint density at radius 3 is 2.62 bits per heavy atom. The third kappa shape index (κ3) is 4.60. The molecule has 1 N–H and O–H groups in total. The maximum absolute atomic E-state index is 12.3. The number of hydrogen-bond donors (Lipinski definition) is 1. The molecular formula is C16H21Cl2NO2. The van der Waals surface area contributed by atoms with Crippen molar-refractivity contribution in [1.29, 1.82) is 0 Å². The zero-order valence-electron chi connectivity index (χ0n) is 12.2. The van der Waals surface area contributed by atoms with Crippen LogP contribution >= 0.6 is 23.2 Å². The average molecular weight is 330 g/mol. The highest BCUT2D eigenvalue weighted by Crippen LogP contribution is 2.28. The summed E-state index contributed by atoms with van der Waals surface area (Å²) in [6.45, 7) is 2.17. The molecule has 0 heterocycles. The van der Waals surface area contributed by atoms with Crippen molar-refractivity contribution in [3.8, 4) is 0 Å². The first-order chi connectivity index (χ1) is 10.1. The van der Waals surface area contributed by atoms with E-state index < -0.39 is 6.04 Å². The van der Waals surface area contributed by atoms with Gasteiger partial charge in [0.1, 0.15) is 6.04 Å². The van der Waals surface area contributed by atoms with Crippen molar-refractivity contribution in [2.75, 3.05) is 6.61 Å². The summed E-state index contributed by atoms with van der Waals surface area (Å²) in [4.78, 5) is 12.3. The second-order valence-electron chi connectivity index (χ2n) is 5.36. The Morgan fingerprint density at radius 2 is 2.00 bits per heavy atom. The quantitative estimate of drug-likeness (QED) is 0.807. The van der Waals surface area contributed by atoms with E-state index in [4.69, 9.17) is 27.9 Å². The molecule has 1 atom stereocenters. The standard InChI is InChI=1S/C16H21Cl2NO2/c1-2-21-16(20)15(19-12-6-4-3-5-7-12)11-8-9-13(17)14(18)10-11/h8-10,12,15,19H,2-7H2,1H3. The van der Waals surface area contributed by atoms with Crippen molar-refractivity contribution in [2.24, 2.45) is 0 Å². The van der Waals surface area contributed by atoms with Gasteiger partial charge in [-0.15, -0.1) is 0 Å². The fraction of sp³-hybridized carbons (Fsp3) is 0.562. The van der Waals surface area contributed by atoms with Gasteiger partial charge in [-0.3, -0.25) is 5.32 Å². The van der Waals surface area contributed by atoms with E-state index in [1.807, 2.05) is 13.0 Å². The Balaban J connectivity index is 2.17. The number of carbonyl (C=O) groups is 1. The predicted octanol–water partition coefficient (Wildman–Crippen LogP) is 4.52. The van der Waals surface area contributed by atoms with Crippen molar-refractivity contribution in [2.45, 2.75) is 51.1 Å². The molecule has 1 aromatic carbocycles. The minimum absolute atomic E-state index is 0.263. The van der Waals surface area contributed by atoms with E-state index in [9.17, 15) is 4.79 Å². The van der Waals surface area contributed by atoms with Gasteiger partial charge in [0.15, 0.2) is 0 Å². The highest BCUT2D eigenvalue weighted by Gasteiger charge is 2.26. The fourth-order valence-corrected chi connectivity index (χ4v) is 3.03. The van der Waals surface area contributed by atoms with Gasteiger partial charge < -0.3 is 4.74 Å². The van der Waals surface area contributed by atoms with Crippen LogP contribution < -0.4 is 5.32 Å². The van der Waals surface area contributed by atoms with E-state index in [0.29, 0.717) is 22.7 Å². The topological polar surface area (TPSA) is 38.3 Å². The Morgan fingerprint density at radius 1 is 1.29 bits per heavy atom. The van der Waals surface area contributed by atoms with Crippen molar-refractivity contribution in [3.05, 3.63) is 33.8 Å². The molecule has 3 nitrogen and oxygen atoms in total. The average Bonchev–Trinajstić information content (AvgIpc) is 2.49. The summed E-state index contributed by atoms with van der Waals surface area (Å²) in [7, 11) is 0. The molecule has 0 radical (unpaired) electrons. The van der Waals surface area contributed by atoms with Crippen LogP contribution in [0.4, 0.5) is 0 Å². The lowest BCUT2D eigenvalue weighted by molar-refractivity contribution is -0.146. The van der Waals surface area contributed by atoms with Crippen LogP contribution in [-0.2, 0) is 9.53 Å². The van der Waals surface area contributed by atoms with E-state index in [0.717, 1.165) is 18.4 Å². The van der Waals surface area contributed by atoms with Crippen molar-refractivity contribution in [1.82, 2.24) is 5.32 Å². The van der Waals surface area contributed by atoms with Crippen LogP contribution in [0.2, 0.25) is 10.0 Å². The number of hydrogen-bond acceptors (Lipinski definition) is 3. The lowest BCUT2D eigenvalue weighted by atomic mass is 9.94. The molecule has 21 heavy (non-hydrogen) atoms. The van der Waals surface area contributed by atoms with E-state index >= 15 is 0 Å². The number of esters is 1. The lowest BCUT2D eigenvalue weighted by Crippen LogP contribution is -2.39. The number of ether oxygens (including phenoxy) is 1. The SMILES string of the molecule is CCOC(=O)C(NC1CCCCC1)c1ccc(Cl)c(Cl)c1. The first kappa shape index (κ1) is 16.6. The minimum Gasteiger partial charge on any atom is -0.465 e. The zero-order chi connectivity index (χ0) is 15.2. The molecule has 116 valence electrons. The molecule has 5 heteroatoms. The van der Waals surface area contributed by atoms with Crippen LogP contribution in [0.1, 0.15) is 50.6 Å². The molecule has 1 fully saturated rings. The molecule has 1 unspecified atom stereocenters. The molecule has 0 bridgehead atoms. The van der Waals surface area contributed by atoms with E-state index in [2.05, 4.69) is 5.32 Å². The van der Waals surface area contributed by atoms with Crippen molar-refractivity contribution < 1.29 is 9.53 Å². The molecule has 0 aliphatic heterocycles. The van der Waals surface area contributed by atoms with Crippen LogP contribution in [0.3, 0.4) is 0 Å². The summed E-state index contributed by atoms with van der Waals surface area (Å²) in [5.74, 6) is -0.263. The summed E-state index contributed by atoms with van der Waals surface area (Å²) in [5, 5.41) is 4.37. The summed E-state index contributed by atoms with van der Waals surface area (Å²) in [6.07, 6.45) is 5.87. The van der Waals surface area contributed by atoms with Gasteiger partial charge in [0.05, 0.1) is 16.7 Å². The van der Waals surface area contributed by atoms with Gasteiger partial charge in [-0.2, -0.15) is 0 Å². The molecule has 1 saturated carbocycles. The zero-order valence-corrected chi connectivity index (χ0v) is 13.7. The third-order valence-corrected chi connectivity index (χ3v) is 4.55. The maximum Gasteiger partial charge on any atom is 0.327 e. The Labute approximate surface area is 136 Å². The Hall–Kier alpha value is -0.770. The van der Waals surface area contributed by atoms with Gasteiger partial charge >= 0.3 is 5.97 Å². The van der Waals surface area contributed by atoms with Gasteiger partial charge in [-0.25, -0.2) is 4.79 Å². The van der Waals surface area contributed by atoms with Gasteiger partial charge in [0.2, 0.25) is 0 Å². The summed E-state index contributed by atoms with van der Waals surface area (Å²) < 4.78 is 5.19. The largest absolute Gasteiger partial charge is 0.465 e. The Bertz CT molecular complexity index is 487. The van der Waals surface area contributed by atoms with Gasteiger partial charge in [-0.1, -0.05) is 48.5 Å². The summed E-state index contributed by atoms with van der Waals surface area (Å²) in [6, 6.07) is 5.14. The predicted molar refractivity (Wildman–Crippen MR) is 85.8 cm³/mol. The number of carbonyl (C=O) groups excluding carboxylic acids is 1. The normalized spacial score (nSPS) is 17.5. The number of rotatable bonds is 5. The van der Waals surface area contributed by atoms with E-state index in [-0.39, 0.29) is 5.97 Å². The third-order valence-electron chi connectivity index (χ3n) is 3.81. The fourth-order valence-electron chi connectivity index (χ4n) is 2.72. The van der Waals surface area contributed by atoms with Gasteiger partial charge in [-0.05, 0) is 37.5 Å². The molecule has 0 amide bonds. The molecular weight excluding hydrogens is 309 g/mol. The second-order valence-corrected chi connectivity index (χ2v) is 6.17. The number of halogens is 2. The van der Waals surface area contributed by atoms with E-state index in [1.54, 1.807) is 12.1 Å².